The third-order valence-electron chi connectivity index (χ3n) is 2.82. The van der Waals surface area contributed by atoms with Crippen LogP contribution in [0.3, 0.4) is 0 Å². The molecule has 0 aliphatic heterocycles. The number of hydrogen-bond acceptors (Lipinski definition) is 2. The van der Waals surface area contributed by atoms with Crippen LogP contribution in [0.2, 0.25) is 0 Å². The first kappa shape index (κ1) is 11.0. The molecule has 0 radical (unpaired) electrons. The molecule has 2 nitrogen and oxygen atoms in total. The van der Waals surface area contributed by atoms with Crippen molar-refractivity contribution in [1.82, 2.24) is 0 Å². The van der Waals surface area contributed by atoms with Gasteiger partial charge in [0.15, 0.2) is 0 Å². The van der Waals surface area contributed by atoms with Crippen LogP contribution in [0.25, 0.3) is 0 Å². The van der Waals surface area contributed by atoms with Crippen LogP contribution in [0.5, 0.6) is 0 Å². The second kappa shape index (κ2) is 3.58. The Morgan fingerprint density at radius 1 is 1.23 bits per heavy atom. The fourth-order valence-corrected chi connectivity index (χ4v) is 2.29. The molecule has 1 rings (SSSR count). The normalized spacial score (nSPS) is 34.4. The van der Waals surface area contributed by atoms with E-state index in [2.05, 4.69) is 20.8 Å². The Kier molecular flexibility index (Phi) is 3.03. The maximum absolute atomic E-state index is 5.60. The third-order valence-corrected chi connectivity index (χ3v) is 2.82. The summed E-state index contributed by atoms with van der Waals surface area (Å²) in [6.07, 6.45) is 3.65. The zero-order valence-electron chi connectivity index (χ0n) is 9.52. The molecular weight excluding hydrogens is 164 g/mol. The Morgan fingerprint density at radius 3 is 2.08 bits per heavy atom. The molecular formula is C11H22O2. The van der Waals surface area contributed by atoms with Crippen LogP contribution in [-0.4, -0.2) is 25.9 Å². The molecule has 1 aliphatic carbocycles. The minimum atomic E-state index is 0.0962. The average Bonchev–Trinajstić information content (AvgIpc) is 1.94. The lowest BCUT2D eigenvalue weighted by molar-refractivity contribution is -0.163. The largest absolute Gasteiger partial charge is 0.381 e. The molecule has 1 fully saturated rings. The number of ether oxygens (including phenoxy) is 2. The lowest BCUT2D eigenvalue weighted by Crippen LogP contribution is -2.51. The molecule has 1 saturated carbocycles. The third kappa shape index (κ3) is 2.68. The second-order valence-corrected chi connectivity index (χ2v) is 5.39. The quantitative estimate of drug-likeness (QED) is 0.674. The zero-order chi connectivity index (χ0) is 10.1. The van der Waals surface area contributed by atoms with Crippen LogP contribution >= 0.6 is 0 Å². The van der Waals surface area contributed by atoms with Crippen molar-refractivity contribution >= 4 is 0 Å². The van der Waals surface area contributed by atoms with E-state index in [4.69, 9.17) is 9.47 Å². The second-order valence-electron chi connectivity index (χ2n) is 5.39. The van der Waals surface area contributed by atoms with Gasteiger partial charge in [0.25, 0.3) is 0 Å². The van der Waals surface area contributed by atoms with Crippen molar-refractivity contribution in [2.24, 2.45) is 5.41 Å². The standard InChI is InChI=1S/C11H22O2/c1-10(2,3)8-11(13-5)6-9(7-11)12-4/h9H,6-8H2,1-5H3. The summed E-state index contributed by atoms with van der Waals surface area (Å²) in [5, 5.41) is 0. The van der Waals surface area contributed by atoms with Gasteiger partial charge in [-0.3, -0.25) is 0 Å². The zero-order valence-corrected chi connectivity index (χ0v) is 9.52. The van der Waals surface area contributed by atoms with Crippen LogP contribution in [0.15, 0.2) is 0 Å². The maximum Gasteiger partial charge on any atom is 0.0733 e. The summed E-state index contributed by atoms with van der Waals surface area (Å²) < 4.78 is 10.9. The van der Waals surface area contributed by atoms with Gasteiger partial charge in [-0.25, -0.2) is 0 Å². The first-order valence-electron chi connectivity index (χ1n) is 4.99. The van der Waals surface area contributed by atoms with Crippen molar-refractivity contribution in [2.75, 3.05) is 14.2 Å². The van der Waals surface area contributed by atoms with Crippen molar-refractivity contribution in [3.05, 3.63) is 0 Å². The summed E-state index contributed by atoms with van der Waals surface area (Å²) in [6, 6.07) is 0. The fourth-order valence-electron chi connectivity index (χ4n) is 2.29. The predicted molar refractivity (Wildman–Crippen MR) is 53.8 cm³/mol. The van der Waals surface area contributed by atoms with Gasteiger partial charge < -0.3 is 9.47 Å². The number of rotatable bonds is 3. The Hall–Kier alpha value is -0.0800. The van der Waals surface area contributed by atoms with Gasteiger partial charge >= 0.3 is 0 Å². The van der Waals surface area contributed by atoms with E-state index in [9.17, 15) is 0 Å². The van der Waals surface area contributed by atoms with Gasteiger partial charge in [-0.1, -0.05) is 20.8 Å². The molecule has 2 heteroatoms. The number of hydrogen-bond donors (Lipinski definition) is 0. The van der Waals surface area contributed by atoms with Crippen molar-refractivity contribution in [3.8, 4) is 0 Å². The van der Waals surface area contributed by atoms with Crippen LogP contribution in [0, 0.1) is 5.41 Å². The number of methoxy groups -OCH3 is 2. The molecule has 0 bridgehead atoms. The van der Waals surface area contributed by atoms with E-state index in [1.807, 2.05) is 7.11 Å². The molecule has 0 aromatic carbocycles. The molecule has 0 aromatic rings. The van der Waals surface area contributed by atoms with Crippen molar-refractivity contribution in [3.63, 3.8) is 0 Å². The minimum absolute atomic E-state index is 0.0962. The first-order chi connectivity index (χ1) is 5.91. The van der Waals surface area contributed by atoms with Gasteiger partial charge in [-0.2, -0.15) is 0 Å². The van der Waals surface area contributed by atoms with Crippen LogP contribution < -0.4 is 0 Å². The molecule has 0 atom stereocenters. The Morgan fingerprint density at radius 2 is 1.77 bits per heavy atom. The fraction of sp³-hybridized carbons (Fsp3) is 1.00. The summed E-state index contributed by atoms with van der Waals surface area (Å²) in [5.74, 6) is 0. The summed E-state index contributed by atoms with van der Waals surface area (Å²) in [7, 11) is 3.60. The van der Waals surface area contributed by atoms with Crippen molar-refractivity contribution in [2.45, 2.75) is 51.7 Å². The van der Waals surface area contributed by atoms with Crippen LogP contribution in [0.1, 0.15) is 40.0 Å². The van der Waals surface area contributed by atoms with E-state index in [0.717, 1.165) is 19.3 Å². The lowest BCUT2D eigenvalue weighted by atomic mass is 9.68. The molecule has 0 amide bonds. The molecule has 0 N–H and O–H groups in total. The van der Waals surface area contributed by atoms with Gasteiger partial charge in [0.2, 0.25) is 0 Å². The Bertz CT molecular complexity index is 163. The predicted octanol–water partition coefficient (Wildman–Crippen LogP) is 2.62. The highest BCUT2D eigenvalue weighted by atomic mass is 16.5. The maximum atomic E-state index is 5.60. The SMILES string of the molecule is COC1CC(CC(C)(C)C)(OC)C1. The van der Waals surface area contributed by atoms with Gasteiger partial charge in [0.1, 0.15) is 0 Å². The van der Waals surface area contributed by atoms with E-state index in [-0.39, 0.29) is 5.60 Å². The molecule has 1 aliphatic rings. The van der Waals surface area contributed by atoms with Gasteiger partial charge in [0.05, 0.1) is 11.7 Å². The Balaban J connectivity index is 2.46. The van der Waals surface area contributed by atoms with E-state index in [1.165, 1.54) is 0 Å². The van der Waals surface area contributed by atoms with E-state index >= 15 is 0 Å². The minimum Gasteiger partial charge on any atom is -0.381 e. The van der Waals surface area contributed by atoms with Crippen LogP contribution in [-0.2, 0) is 9.47 Å². The average molecular weight is 186 g/mol. The summed E-state index contributed by atoms with van der Waals surface area (Å²) >= 11 is 0. The highest BCUT2D eigenvalue weighted by Crippen LogP contribution is 2.44. The highest BCUT2D eigenvalue weighted by Gasteiger charge is 2.46. The molecule has 0 spiro atoms. The molecule has 78 valence electrons. The molecule has 13 heavy (non-hydrogen) atoms. The molecule has 0 saturated heterocycles. The lowest BCUT2D eigenvalue weighted by Gasteiger charge is -2.48. The van der Waals surface area contributed by atoms with Gasteiger partial charge in [-0.15, -0.1) is 0 Å². The highest BCUT2D eigenvalue weighted by molar-refractivity contribution is 4.98. The van der Waals surface area contributed by atoms with Gasteiger partial charge in [0, 0.05) is 27.1 Å². The van der Waals surface area contributed by atoms with E-state index < -0.39 is 0 Å². The molecule has 0 unspecified atom stereocenters. The first-order valence-corrected chi connectivity index (χ1v) is 4.99. The van der Waals surface area contributed by atoms with Crippen molar-refractivity contribution < 1.29 is 9.47 Å². The summed E-state index contributed by atoms with van der Waals surface area (Å²) in [5.41, 5.74) is 0.438. The van der Waals surface area contributed by atoms with E-state index in [0.29, 0.717) is 11.5 Å². The Labute approximate surface area is 81.6 Å². The van der Waals surface area contributed by atoms with Gasteiger partial charge in [-0.05, 0) is 11.8 Å². The molecule has 0 aromatic heterocycles. The topological polar surface area (TPSA) is 18.5 Å². The van der Waals surface area contributed by atoms with Crippen LogP contribution in [0.4, 0.5) is 0 Å². The smallest absolute Gasteiger partial charge is 0.0733 e. The summed E-state index contributed by atoms with van der Waals surface area (Å²) in [6.45, 7) is 6.77. The summed E-state index contributed by atoms with van der Waals surface area (Å²) in [4.78, 5) is 0. The monoisotopic (exact) mass is 186 g/mol. The van der Waals surface area contributed by atoms with E-state index in [1.54, 1.807) is 7.11 Å². The molecule has 0 heterocycles. The van der Waals surface area contributed by atoms with Crippen molar-refractivity contribution in [1.29, 1.82) is 0 Å².